The maximum atomic E-state index is 5.69. The van der Waals surface area contributed by atoms with Crippen LogP contribution in [0.5, 0.6) is 0 Å². The van der Waals surface area contributed by atoms with Gasteiger partial charge in [0.1, 0.15) is 0 Å². The van der Waals surface area contributed by atoms with Crippen molar-refractivity contribution >= 4 is 16.5 Å². The zero-order valence-electron chi connectivity index (χ0n) is 10.1. The van der Waals surface area contributed by atoms with Crippen LogP contribution in [-0.2, 0) is 11.3 Å². The highest BCUT2D eigenvalue weighted by atomic mass is 32.1. The number of rotatable bonds is 3. The first-order valence-corrected chi connectivity index (χ1v) is 6.46. The number of anilines is 1. The molecule has 0 radical (unpaired) electrons. The molecule has 1 aromatic rings. The third-order valence-electron chi connectivity index (χ3n) is 2.59. The van der Waals surface area contributed by atoms with E-state index in [0.717, 1.165) is 37.1 Å². The summed E-state index contributed by atoms with van der Waals surface area (Å²) in [5.74, 6) is 0. The molecule has 1 N–H and O–H groups in total. The molecule has 4 nitrogen and oxygen atoms in total. The van der Waals surface area contributed by atoms with E-state index in [4.69, 9.17) is 4.74 Å². The summed E-state index contributed by atoms with van der Waals surface area (Å²) in [6.45, 7) is 7.73. The van der Waals surface area contributed by atoms with Gasteiger partial charge >= 0.3 is 0 Å². The Kier molecular flexibility index (Phi) is 3.47. The van der Waals surface area contributed by atoms with Gasteiger partial charge in [-0.05, 0) is 20.9 Å². The highest BCUT2D eigenvalue weighted by molar-refractivity contribution is 7.13. The van der Waals surface area contributed by atoms with Crippen molar-refractivity contribution in [3.05, 3.63) is 11.1 Å². The molecule has 2 rings (SSSR count). The number of nitrogens with zero attached hydrogens (tertiary/aromatic N) is 2. The molecule has 1 fully saturated rings. The lowest BCUT2D eigenvalue weighted by molar-refractivity contribution is -0.0277. The summed E-state index contributed by atoms with van der Waals surface area (Å²) in [5.41, 5.74) is 1.05. The van der Waals surface area contributed by atoms with Gasteiger partial charge in [0.05, 0.1) is 17.9 Å². The molecule has 0 amide bonds. The van der Waals surface area contributed by atoms with Gasteiger partial charge in [0.15, 0.2) is 5.13 Å². The van der Waals surface area contributed by atoms with Crippen LogP contribution in [0, 0.1) is 0 Å². The molecular formula is C11H19N3OS. The smallest absolute Gasteiger partial charge is 0.185 e. The molecule has 0 atom stereocenters. The summed E-state index contributed by atoms with van der Waals surface area (Å²) < 4.78 is 5.69. The van der Waals surface area contributed by atoms with Crippen LogP contribution < -0.4 is 10.2 Å². The van der Waals surface area contributed by atoms with Crippen molar-refractivity contribution in [2.75, 3.05) is 31.6 Å². The lowest BCUT2D eigenvalue weighted by Crippen LogP contribution is -2.48. The van der Waals surface area contributed by atoms with Gasteiger partial charge in [-0.15, -0.1) is 11.3 Å². The van der Waals surface area contributed by atoms with Gasteiger partial charge in [0.2, 0.25) is 0 Å². The molecule has 90 valence electrons. The van der Waals surface area contributed by atoms with Crippen LogP contribution in [0.2, 0.25) is 0 Å². The van der Waals surface area contributed by atoms with Crippen LogP contribution >= 0.6 is 11.3 Å². The molecule has 1 aliphatic heterocycles. The van der Waals surface area contributed by atoms with E-state index in [1.54, 1.807) is 11.3 Å². The maximum Gasteiger partial charge on any atom is 0.185 e. The SMILES string of the molecule is CNCc1csc(N2CCOC(C)(C)C2)n1. The standard InChI is InChI=1S/C11H19N3OS/c1-11(2)8-14(4-5-15-11)10-13-9(6-12-3)7-16-10/h7,12H,4-6,8H2,1-3H3. The Morgan fingerprint density at radius 3 is 3.12 bits per heavy atom. The van der Waals surface area contributed by atoms with Crippen molar-refractivity contribution in [3.63, 3.8) is 0 Å². The fourth-order valence-corrected chi connectivity index (χ4v) is 2.74. The van der Waals surface area contributed by atoms with E-state index in [9.17, 15) is 0 Å². The molecule has 1 aliphatic rings. The van der Waals surface area contributed by atoms with Gasteiger partial charge in [-0.1, -0.05) is 0 Å². The minimum absolute atomic E-state index is 0.0624. The van der Waals surface area contributed by atoms with Gasteiger partial charge in [0, 0.05) is 25.0 Å². The molecule has 1 saturated heterocycles. The second-order valence-electron chi connectivity index (χ2n) is 4.68. The van der Waals surface area contributed by atoms with Crippen molar-refractivity contribution in [3.8, 4) is 0 Å². The van der Waals surface area contributed by atoms with Crippen molar-refractivity contribution < 1.29 is 4.74 Å². The monoisotopic (exact) mass is 241 g/mol. The number of nitrogens with one attached hydrogen (secondary N) is 1. The number of hydrogen-bond acceptors (Lipinski definition) is 5. The highest BCUT2D eigenvalue weighted by Crippen LogP contribution is 2.25. The Bertz CT molecular complexity index is 351. The van der Waals surface area contributed by atoms with E-state index < -0.39 is 0 Å². The summed E-state index contributed by atoms with van der Waals surface area (Å²) in [6.07, 6.45) is 0. The summed E-state index contributed by atoms with van der Waals surface area (Å²) in [6, 6.07) is 0. The number of thiazole rings is 1. The van der Waals surface area contributed by atoms with E-state index in [2.05, 4.69) is 34.4 Å². The zero-order valence-corrected chi connectivity index (χ0v) is 10.9. The van der Waals surface area contributed by atoms with Crippen molar-refractivity contribution in [1.82, 2.24) is 10.3 Å². The number of aromatic nitrogens is 1. The molecule has 0 aromatic carbocycles. The molecular weight excluding hydrogens is 222 g/mol. The molecule has 5 heteroatoms. The van der Waals surface area contributed by atoms with E-state index in [1.165, 1.54) is 0 Å². The quantitative estimate of drug-likeness (QED) is 0.870. The van der Waals surface area contributed by atoms with Gasteiger partial charge in [-0.3, -0.25) is 0 Å². The van der Waals surface area contributed by atoms with Crippen LogP contribution in [0.4, 0.5) is 5.13 Å². The molecule has 16 heavy (non-hydrogen) atoms. The third kappa shape index (κ3) is 2.72. The van der Waals surface area contributed by atoms with Crippen LogP contribution in [0.1, 0.15) is 19.5 Å². The van der Waals surface area contributed by atoms with Crippen molar-refractivity contribution in [2.45, 2.75) is 26.0 Å². The average molecular weight is 241 g/mol. The highest BCUT2D eigenvalue weighted by Gasteiger charge is 2.28. The third-order valence-corrected chi connectivity index (χ3v) is 3.54. The second-order valence-corrected chi connectivity index (χ2v) is 5.52. The van der Waals surface area contributed by atoms with Crippen LogP contribution in [0.15, 0.2) is 5.38 Å². The van der Waals surface area contributed by atoms with Crippen LogP contribution in [-0.4, -0.2) is 37.3 Å². The first-order chi connectivity index (χ1) is 7.61. The Morgan fingerprint density at radius 1 is 1.62 bits per heavy atom. The van der Waals surface area contributed by atoms with Gasteiger partial charge < -0.3 is 15.0 Å². The van der Waals surface area contributed by atoms with E-state index >= 15 is 0 Å². The van der Waals surface area contributed by atoms with Gasteiger partial charge in [-0.25, -0.2) is 4.98 Å². The van der Waals surface area contributed by atoms with Crippen LogP contribution in [0.3, 0.4) is 0 Å². The molecule has 2 heterocycles. The number of hydrogen-bond donors (Lipinski definition) is 1. The molecule has 0 saturated carbocycles. The summed E-state index contributed by atoms with van der Waals surface area (Å²) >= 11 is 1.72. The zero-order chi connectivity index (χ0) is 11.6. The van der Waals surface area contributed by atoms with E-state index in [0.29, 0.717) is 0 Å². The van der Waals surface area contributed by atoms with E-state index in [-0.39, 0.29) is 5.60 Å². The Hall–Kier alpha value is -0.650. The van der Waals surface area contributed by atoms with Gasteiger partial charge in [-0.2, -0.15) is 0 Å². The molecule has 0 spiro atoms. The molecule has 0 aliphatic carbocycles. The summed E-state index contributed by atoms with van der Waals surface area (Å²) in [5, 5.41) is 6.35. The van der Waals surface area contributed by atoms with Crippen molar-refractivity contribution in [2.24, 2.45) is 0 Å². The minimum Gasteiger partial charge on any atom is -0.372 e. The Balaban J connectivity index is 2.05. The predicted molar refractivity (Wildman–Crippen MR) is 67.1 cm³/mol. The molecule has 1 aromatic heterocycles. The van der Waals surface area contributed by atoms with Crippen molar-refractivity contribution in [1.29, 1.82) is 0 Å². The minimum atomic E-state index is -0.0624. The maximum absolute atomic E-state index is 5.69. The normalized spacial score (nSPS) is 20.1. The Labute approximate surface area is 101 Å². The first kappa shape index (κ1) is 11.8. The van der Waals surface area contributed by atoms with Gasteiger partial charge in [0.25, 0.3) is 0 Å². The predicted octanol–water partition coefficient (Wildman–Crippen LogP) is 1.48. The molecule has 0 bridgehead atoms. The Morgan fingerprint density at radius 2 is 2.44 bits per heavy atom. The fraction of sp³-hybridized carbons (Fsp3) is 0.727. The number of ether oxygens (including phenoxy) is 1. The fourth-order valence-electron chi connectivity index (χ4n) is 1.88. The van der Waals surface area contributed by atoms with E-state index in [1.807, 2.05) is 7.05 Å². The van der Waals surface area contributed by atoms with Crippen LogP contribution in [0.25, 0.3) is 0 Å². The summed E-state index contributed by atoms with van der Waals surface area (Å²) in [7, 11) is 1.94. The lowest BCUT2D eigenvalue weighted by Gasteiger charge is -2.37. The second kappa shape index (κ2) is 4.69. The largest absolute Gasteiger partial charge is 0.372 e. The molecule has 0 unspecified atom stereocenters. The topological polar surface area (TPSA) is 37.4 Å². The lowest BCUT2D eigenvalue weighted by atomic mass is 10.1. The number of morpholine rings is 1. The summed E-state index contributed by atoms with van der Waals surface area (Å²) in [4.78, 5) is 6.93. The first-order valence-electron chi connectivity index (χ1n) is 5.59. The average Bonchev–Trinajstić information content (AvgIpc) is 2.65.